The van der Waals surface area contributed by atoms with Gasteiger partial charge in [-0.1, -0.05) is 45.7 Å². The number of ether oxygens (including phenoxy) is 2. The van der Waals surface area contributed by atoms with E-state index in [1.54, 1.807) is 19.2 Å². The highest BCUT2D eigenvalue weighted by Crippen LogP contribution is 2.33. The molecule has 0 saturated carbocycles. The second kappa shape index (κ2) is 8.46. The van der Waals surface area contributed by atoms with Gasteiger partial charge in [0.2, 0.25) is 0 Å². The van der Waals surface area contributed by atoms with Crippen LogP contribution in [0.1, 0.15) is 15.9 Å². The van der Waals surface area contributed by atoms with Gasteiger partial charge in [-0.25, -0.2) is 9.78 Å². The summed E-state index contributed by atoms with van der Waals surface area (Å²) in [5.41, 5.74) is 3.42. The second-order valence-corrected chi connectivity index (χ2v) is 8.05. The second-order valence-electron chi connectivity index (χ2n) is 6.72. The Labute approximate surface area is 187 Å². The van der Waals surface area contributed by atoms with Crippen LogP contribution in [0.2, 0.25) is 5.02 Å². The molecule has 4 aromatic rings. The van der Waals surface area contributed by atoms with E-state index in [2.05, 4.69) is 15.9 Å². The standard InChI is InChI=1S/C24H17BrClNO3/c1-14-11-16(25)12-20(26)23(14)30-24(28)19-13-22(15-7-9-17(29-2)10-8-15)27-21-6-4-3-5-18(19)21/h3-13H,1-2H3. The smallest absolute Gasteiger partial charge is 0.344 e. The van der Waals surface area contributed by atoms with Gasteiger partial charge >= 0.3 is 5.97 Å². The largest absolute Gasteiger partial charge is 0.497 e. The number of aryl methyl sites for hydroxylation is 1. The first-order valence-electron chi connectivity index (χ1n) is 9.18. The van der Waals surface area contributed by atoms with Crippen LogP contribution in [0.5, 0.6) is 11.5 Å². The van der Waals surface area contributed by atoms with Crippen LogP contribution in [0.15, 0.2) is 71.2 Å². The molecule has 0 aliphatic carbocycles. The Morgan fingerprint density at radius 2 is 1.77 bits per heavy atom. The average molecular weight is 483 g/mol. The van der Waals surface area contributed by atoms with Crippen molar-refractivity contribution in [3.63, 3.8) is 0 Å². The van der Waals surface area contributed by atoms with Crippen LogP contribution >= 0.6 is 27.5 Å². The molecule has 0 amide bonds. The van der Waals surface area contributed by atoms with Crippen LogP contribution in [-0.2, 0) is 0 Å². The number of carbonyl (C=O) groups is 1. The highest BCUT2D eigenvalue weighted by atomic mass is 79.9. The molecule has 0 unspecified atom stereocenters. The van der Waals surface area contributed by atoms with Gasteiger partial charge in [-0.3, -0.25) is 0 Å². The molecule has 150 valence electrons. The minimum atomic E-state index is -0.490. The van der Waals surface area contributed by atoms with Gasteiger partial charge in [0.25, 0.3) is 0 Å². The minimum absolute atomic E-state index is 0.344. The highest BCUT2D eigenvalue weighted by Gasteiger charge is 2.18. The number of esters is 1. The quantitative estimate of drug-likeness (QED) is 0.236. The normalized spacial score (nSPS) is 10.8. The van der Waals surface area contributed by atoms with Gasteiger partial charge in [0.15, 0.2) is 5.75 Å². The van der Waals surface area contributed by atoms with Crippen LogP contribution in [-0.4, -0.2) is 18.1 Å². The number of benzene rings is 3. The Morgan fingerprint density at radius 3 is 2.47 bits per heavy atom. The first-order valence-corrected chi connectivity index (χ1v) is 10.4. The van der Waals surface area contributed by atoms with Crippen molar-refractivity contribution in [2.24, 2.45) is 0 Å². The molecule has 0 aliphatic heterocycles. The molecule has 0 spiro atoms. The van der Waals surface area contributed by atoms with E-state index in [0.29, 0.717) is 32.9 Å². The van der Waals surface area contributed by atoms with Gasteiger partial charge in [-0.15, -0.1) is 0 Å². The van der Waals surface area contributed by atoms with Crippen molar-refractivity contribution < 1.29 is 14.3 Å². The fourth-order valence-corrected chi connectivity index (χ4v) is 4.23. The molecule has 0 fully saturated rings. The summed E-state index contributed by atoms with van der Waals surface area (Å²) in [6.07, 6.45) is 0. The number of hydrogen-bond acceptors (Lipinski definition) is 4. The molecule has 0 N–H and O–H groups in total. The van der Waals surface area contributed by atoms with E-state index in [0.717, 1.165) is 21.3 Å². The Morgan fingerprint density at radius 1 is 1.03 bits per heavy atom. The van der Waals surface area contributed by atoms with E-state index >= 15 is 0 Å². The lowest BCUT2D eigenvalue weighted by atomic mass is 10.0. The van der Waals surface area contributed by atoms with Gasteiger partial charge in [0.1, 0.15) is 5.75 Å². The van der Waals surface area contributed by atoms with E-state index in [4.69, 9.17) is 26.1 Å². The van der Waals surface area contributed by atoms with Crippen molar-refractivity contribution in [3.05, 3.63) is 87.4 Å². The molecule has 0 saturated heterocycles. The summed E-state index contributed by atoms with van der Waals surface area (Å²) < 4.78 is 11.8. The van der Waals surface area contributed by atoms with Crippen molar-refractivity contribution in [2.75, 3.05) is 7.11 Å². The Balaban J connectivity index is 1.80. The summed E-state index contributed by atoms with van der Waals surface area (Å²) in [7, 11) is 1.62. The molecule has 0 bridgehead atoms. The van der Waals surface area contributed by atoms with Crippen molar-refractivity contribution in [2.45, 2.75) is 6.92 Å². The zero-order valence-electron chi connectivity index (χ0n) is 16.3. The first-order chi connectivity index (χ1) is 14.5. The minimum Gasteiger partial charge on any atom is -0.497 e. The molecule has 30 heavy (non-hydrogen) atoms. The lowest BCUT2D eigenvalue weighted by Crippen LogP contribution is -2.11. The lowest BCUT2D eigenvalue weighted by Gasteiger charge is -2.13. The Kier molecular flexibility index (Phi) is 5.75. The molecule has 0 radical (unpaired) electrons. The van der Waals surface area contributed by atoms with Crippen LogP contribution in [0.3, 0.4) is 0 Å². The van der Waals surface area contributed by atoms with Gasteiger partial charge < -0.3 is 9.47 Å². The molecule has 1 aromatic heterocycles. The van der Waals surface area contributed by atoms with Crippen LogP contribution in [0.25, 0.3) is 22.2 Å². The van der Waals surface area contributed by atoms with Crippen molar-refractivity contribution in [3.8, 4) is 22.8 Å². The number of pyridine rings is 1. The average Bonchev–Trinajstić information content (AvgIpc) is 2.75. The maximum Gasteiger partial charge on any atom is 0.344 e. The molecule has 3 aromatic carbocycles. The number of hydrogen-bond donors (Lipinski definition) is 0. The molecular weight excluding hydrogens is 466 g/mol. The molecule has 4 rings (SSSR count). The van der Waals surface area contributed by atoms with Gasteiger partial charge in [0, 0.05) is 15.4 Å². The topological polar surface area (TPSA) is 48.4 Å². The van der Waals surface area contributed by atoms with E-state index in [9.17, 15) is 4.79 Å². The van der Waals surface area contributed by atoms with Crippen molar-refractivity contribution >= 4 is 44.4 Å². The van der Waals surface area contributed by atoms with Crippen LogP contribution < -0.4 is 9.47 Å². The first kappa shape index (κ1) is 20.4. The van der Waals surface area contributed by atoms with Crippen molar-refractivity contribution in [1.82, 2.24) is 4.98 Å². The maximum atomic E-state index is 13.2. The van der Waals surface area contributed by atoms with Crippen LogP contribution in [0.4, 0.5) is 0 Å². The van der Waals surface area contributed by atoms with Gasteiger partial charge in [-0.05, 0) is 61.0 Å². The summed E-state index contributed by atoms with van der Waals surface area (Å²) in [6.45, 7) is 1.84. The summed E-state index contributed by atoms with van der Waals surface area (Å²) in [5.74, 6) is 0.604. The third-order valence-corrected chi connectivity index (χ3v) is 5.45. The molecular formula is C24H17BrClNO3. The van der Waals surface area contributed by atoms with Gasteiger partial charge in [-0.2, -0.15) is 0 Å². The summed E-state index contributed by atoms with van der Waals surface area (Å²) in [4.78, 5) is 17.9. The predicted octanol–water partition coefficient (Wildman–Crippen LogP) is 6.85. The Bertz CT molecular complexity index is 1230. The highest BCUT2D eigenvalue weighted by molar-refractivity contribution is 9.10. The van der Waals surface area contributed by atoms with E-state index in [1.165, 1.54) is 0 Å². The summed E-state index contributed by atoms with van der Waals surface area (Å²) >= 11 is 9.70. The number of carbonyl (C=O) groups excluding carboxylic acids is 1. The van der Waals surface area contributed by atoms with Gasteiger partial charge in [0.05, 0.1) is 28.9 Å². The maximum absolute atomic E-state index is 13.2. The number of fused-ring (bicyclic) bond motifs is 1. The third kappa shape index (κ3) is 4.04. The predicted molar refractivity (Wildman–Crippen MR) is 123 cm³/mol. The fourth-order valence-electron chi connectivity index (χ4n) is 3.22. The Hall–Kier alpha value is -2.89. The number of nitrogens with zero attached hydrogens (tertiary/aromatic N) is 1. The molecule has 4 nitrogen and oxygen atoms in total. The van der Waals surface area contributed by atoms with Crippen molar-refractivity contribution in [1.29, 1.82) is 0 Å². The number of aromatic nitrogens is 1. The molecule has 0 atom stereocenters. The zero-order valence-corrected chi connectivity index (χ0v) is 18.6. The number of rotatable bonds is 4. The zero-order chi connectivity index (χ0) is 21.3. The van der Waals surface area contributed by atoms with E-state index in [1.807, 2.05) is 61.5 Å². The van der Waals surface area contributed by atoms with Crippen LogP contribution in [0, 0.1) is 6.92 Å². The summed E-state index contributed by atoms with van der Waals surface area (Å²) in [5, 5.41) is 1.08. The molecule has 1 heterocycles. The molecule has 6 heteroatoms. The third-order valence-electron chi connectivity index (χ3n) is 4.71. The number of methoxy groups -OCH3 is 1. The number of halogens is 2. The fraction of sp³-hybridized carbons (Fsp3) is 0.0833. The van der Waals surface area contributed by atoms with E-state index < -0.39 is 5.97 Å². The number of para-hydroxylation sites is 1. The lowest BCUT2D eigenvalue weighted by molar-refractivity contribution is 0.0735. The van der Waals surface area contributed by atoms with E-state index in [-0.39, 0.29) is 0 Å². The monoisotopic (exact) mass is 481 g/mol. The molecule has 0 aliphatic rings. The SMILES string of the molecule is COc1ccc(-c2cc(C(=O)Oc3c(C)cc(Br)cc3Cl)c3ccccc3n2)cc1. The summed E-state index contributed by atoms with van der Waals surface area (Å²) in [6, 6.07) is 20.3.